The maximum absolute atomic E-state index is 11.7. The van der Waals surface area contributed by atoms with E-state index in [1.54, 1.807) is 4.90 Å². The average molecular weight is 291 g/mol. The Kier molecular flexibility index (Phi) is 8.12. The van der Waals surface area contributed by atoms with Gasteiger partial charge in [0.2, 0.25) is 11.8 Å². The molecule has 1 aromatic rings. The molecule has 0 radical (unpaired) electrons. The lowest BCUT2D eigenvalue weighted by Gasteiger charge is -2.21. The summed E-state index contributed by atoms with van der Waals surface area (Å²) in [5, 5.41) is 5.89. The molecule has 0 bridgehead atoms. The third kappa shape index (κ3) is 7.46. The second-order valence-corrected chi connectivity index (χ2v) is 4.98. The molecule has 0 aliphatic heterocycles. The van der Waals surface area contributed by atoms with Gasteiger partial charge >= 0.3 is 0 Å². The van der Waals surface area contributed by atoms with Crippen LogP contribution in [0.3, 0.4) is 0 Å². The van der Waals surface area contributed by atoms with Crippen LogP contribution in [0.25, 0.3) is 0 Å². The van der Waals surface area contributed by atoms with Gasteiger partial charge in [0.1, 0.15) is 0 Å². The molecule has 0 saturated carbocycles. The van der Waals surface area contributed by atoms with Crippen LogP contribution in [0.15, 0.2) is 30.3 Å². The van der Waals surface area contributed by atoms with Crippen LogP contribution in [0.1, 0.15) is 25.3 Å². The van der Waals surface area contributed by atoms with Crippen molar-refractivity contribution < 1.29 is 9.59 Å². The summed E-state index contributed by atoms with van der Waals surface area (Å²) in [4.78, 5) is 25.1. The Balaban J connectivity index is 2.34. The summed E-state index contributed by atoms with van der Waals surface area (Å²) in [5.74, 6) is -0.0211. The number of carbonyl (C=O) groups excluding carboxylic acids is 2. The van der Waals surface area contributed by atoms with Gasteiger partial charge in [-0.1, -0.05) is 30.3 Å². The number of hydrogen-bond donors (Lipinski definition) is 2. The van der Waals surface area contributed by atoms with Gasteiger partial charge in [-0.15, -0.1) is 0 Å². The quantitative estimate of drug-likeness (QED) is 0.671. The minimum absolute atomic E-state index is 0.00888. The summed E-state index contributed by atoms with van der Waals surface area (Å²) in [6.45, 7) is 4.07. The summed E-state index contributed by atoms with van der Waals surface area (Å²) in [7, 11) is 1.89. The Morgan fingerprint density at radius 3 is 2.48 bits per heavy atom. The Hall–Kier alpha value is -1.88. The smallest absolute Gasteiger partial charge is 0.221 e. The van der Waals surface area contributed by atoms with Crippen LogP contribution in [-0.2, 0) is 16.1 Å². The summed E-state index contributed by atoms with van der Waals surface area (Å²) < 4.78 is 0. The first-order valence-corrected chi connectivity index (χ1v) is 7.34. The molecule has 0 aliphatic carbocycles. The fraction of sp³-hybridized carbons (Fsp3) is 0.500. The summed E-state index contributed by atoms with van der Waals surface area (Å²) in [6, 6.07) is 9.80. The molecule has 1 aromatic carbocycles. The Morgan fingerprint density at radius 2 is 1.86 bits per heavy atom. The molecular weight excluding hydrogens is 266 g/mol. The normalized spacial score (nSPS) is 10.2. The first-order chi connectivity index (χ1) is 10.1. The van der Waals surface area contributed by atoms with Crippen LogP contribution < -0.4 is 10.6 Å². The summed E-state index contributed by atoms with van der Waals surface area (Å²) in [5.41, 5.74) is 1.07. The third-order valence-electron chi connectivity index (χ3n) is 3.20. The molecule has 2 N–H and O–H groups in total. The van der Waals surface area contributed by atoms with Gasteiger partial charge in [-0.25, -0.2) is 0 Å². The predicted molar refractivity (Wildman–Crippen MR) is 83.7 cm³/mol. The van der Waals surface area contributed by atoms with Gasteiger partial charge in [0.25, 0.3) is 0 Å². The molecule has 0 heterocycles. The van der Waals surface area contributed by atoms with E-state index < -0.39 is 0 Å². The first kappa shape index (κ1) is 17.2. The van der Waals surface area contributed by atoms with Gasteiger partial charge in [0.05, 0.1) is 0 Å². The molecule has 0 spiro atoms. The van der Waals surface area contributed by atoms with E-state index in [9.17, 15) is 9.59 Å². The molecule has 116 valence electrons. The second-order valence-electron chi connectivity index (χ2n) is 4.98. The van der Waals surface area contributed by atoms with Gasteiger partial charge in [-0.2, -0.15) is 0 Å². The monoisotopic (exact) mass is 291 g/mol. The topological polar surface area (TPSA) is 61.4 Å². The zero-order chi connectivity index (χ0) is 15.5. The number of rotatable bonds is 9. The predicted octanol–water partition coefficient (Wildman–Crippen LogP) is 1.15. The van der Waals surface area contributed by atoms with Crippen molar-refractivity contribution >= 4 is 11.8 Å². The number of nitrogens with zero attached hydrogens (tertiary/aromatic N) is 1. The van der Waals surface area contributed by atoms with Crippen LogP contribution >= 0.6 is 0 Å². The maximum Gasteiger partial charge on any atom is 0.221 e. The molecule has 0 aromatic heterocycles. The van der Waals surface area contributed by atoms with E-state index in [0.29, 0.717) is 26.1 Å². The Labute approximate surface area is 126 Å². The highest BCUT2D eigenvalue weighted by molar-refractivity contribution is 5.77. The van der Waals surface area contributed by atoms with Crippen LogP contribution in [0.4, 0.5) is 0 Å². The zero-order valence-corrected chi connectivity index (χ0v) is 12.9. The van der Waals surface area contributed by atoms with Gasteiger partial charge in [-0.3, -0.25) is 9.59 Å². The molecule has 2 amide bonds. The van der Waals surface area contributed by atoms with Gasteiger partial charge in [0.15, 0.2) is 0 Å². The van der Waals surface area contributed by atoms with Crippen LogP contribution in [0.5, 0.6) is 0 Å². The van der Waals surface area contributed by atoms with Crippen molar-refractivity contribution in [2.45, 2.75) is 26.3 Å². The van der Waals surface area contributed by atoms with E-state index in [1.807, 2.05) is 37.4 Å². The van der Waals surface area contributed by atoms with Gasteiger partial charge in [-0.05, 0) is 25.6 Å². The lowest BCUT2D eigenvalue weighted by atomic mass is 10.2. The molecule has 0 aliphatic rings. The minimum Gasteiger partial charge on any atom is -0.356 e. The summed E-state index contributed by atoms with van der Waals surface area (Å²) in [6.07, 6.45) is 1.24. The van der Waals surface area contributed by atoms with Crippen molar-refractivity contribution in [3.8, 4) is 0 Å². The maximum atomic E-state index is 11.7. The fourth-order valence-electron chi connectivity index (χ4n) is 1.97. The number of nitrogens with one attached hydrogen (secondary N) is 2. The highest BCUT2D eigenvalue weighted by Crippen LogP contribution is 2.05. The zero-order valence-electron chi connectivity index (χ0n) is 12.9. The molecule has 5 heteroatoms. The van der Waals surface area contributed by atoms with E-state index >= 15 is 0 Å². The van der Waals surface area contributed by atoms with E-state index in [4.69, 9.17) is 0 Å². The number of hydrogen-bond acceptors (Lipinski definition) is 3. The van der Waals surface area contributed by atoms with Crippen molar-refractivity contribution in [1.29, 1.82) is 0 Å². The lowest BCUT2D eigenvalue weighted by Crippen LogP contribution is -2.34. The highest BCUT2D eigenvalue weighted by Gasteiger charge is 2.11. The Morgan fingerprint density at radius 1 is 1.14 bits per heavy atom. The van der Waals surface area contributed by atoms with Crippen molar-refractivity contribution in [3.63, 3.8) is 0 Å². The number of carbonyl (C=O) groups is 2. The van der Waals surface area contributed by atoms with Crippen molar-refractivity contribution in [1.82, 2.24) is 15.5 Å². The van der Waals surface area contributed by atoms with Crippen molar-refractivity contribution in [3.05, 3.63) is 35.9 Å². The van der Waals surface area contributed by atoms with Gasteiger partial charge in [0, 0.05) is 33.0 Å². The molecule has 1 rings (SSSR count). The molecule has 0 unspecified atom stereocenters. The van der Waals surface area contributed by atoms with Crippen molar-refractivity contribution in [2.75, 3.05) is 26.7 Å². The largest absolute Gasteiger partial charge is 0.356 e. The van der Waals surface area contributed by atoms with Crippen molar-refractivity contribution in [2.24, 2.45) is 0 Å². The molecule has 21 heavy (non-hydrogen) atoms. The van der Waals surface area contributed by atoms with E-state index in [2.05, 4.69) is 10.6 Å². The molecular formula is C16H25N3O2. The van der Waals surface area contributed by atoms with Gasteiger partial charge < -0.3 is 15.5 Å². The fourth-order valence-corrected chi connectivity index (χ4v) is 1.97. The first-order valence-electron chi connectivity index (χ1n) is 7.34. The van der Waals surface area contributed by atoms with E-state index in [1.165, 1.54) is 6.92 Å². The van der Waals surface area contributed by atoms with Crippen LogP contribution in [0, 0.1) is 0 Å². The summed E-state index contributed by atoms with van der Waals surface area (Å²) >= 11 is 0. The van der Waals surface area contributed by atoms with Crippen LogP contribution in [-0.4, -0.2) is 43.4 Å². The highest BCUT2D eigenvalue weighted by atomic mass is 16.2. The lowest BCUT2D eigenvalue weighted by molar-refractivity contribution is -0.130. The van der Waals surface area contributed by atoms with E-state index in [0.717, 1.165) is 18.5 Å². The van der Waals surface area contributed by atoms with E-state index in [-0.39, 0.29) is 11.8 Å². The average Bonchev–Trinajstić information content (AvgIpc) is 2.48. The number of amides is 2. The molecule has 0 fully saturated rings. The SMILES string of the molecule is CNCCCNC(=O)CCN(Cc1ccccc1)C(C)=O. The number of benzene rings is 1. The standard InChI is InChI=1S/C16H25N3O2/c1-14(20)19(13-15-7-4-3-5-8-15)12-9-16(21)18-11-6-10-17-2/h3-5,7-8,17H,6,9-13H2,1-2H3,(H,18,21). The molecule has 5 nitrogen and oxygen atoms in total. The minimum atomic E-state index is -0.0122. The third-order valence-corrected chi connectivity index (χ3v) is 3.20. The molecule has 0 atom stereocenters. The Bertz CT molecular complexity index is 434. The second kappa shape index (κ2) is 9.94. The molecule has 0 saturated heterocycles. The van der Waals surface area contributed by atoms with Crippen LogP contribution in [0.2, 0.25) is 0 Å².